The van der Waals surface area contributed by atoms with E-state index in [0.717, 1.165) is 17.9 Å². The van der Waals surface area contributed by atoms with E-state index in [0.29, 0.717) is 37.3 Å². The summed E-state index contributed by atoms with van der Waals surface area (Å²) in [6.45, 7) is 3.34. The zero-order valence-corrected chi connectivity index (χ0v) is 12.6. The summed E-state index contributed by atoms with van der Waals surface area (Å²) in [5, 5.41) is 0. The van der Waals surface area contributed by atoms with Crippen LogP contribution < -0.4 is 4.90 Å². The van der Waals surface area contributed by atoms with E-state index in [2.05, 4.69) is 14.9 Å². The molecule has 114 valence electrons. The number of halogens is 1. The lowest BCUT2D eigenvalue weighted by Crippen LogP contribution is -2.34. The van der Waals surface area contributed by atoms with E-state index in [4.69, 9.17) is 0 Å². The number of hydrogen-bond acceptors (Lipinski definition) is 4. The summed E-state index contributed by atoms with van der Waals surface area (Å²) < 4.78 is 14.0. The SMILES string of the molecule is CCc1cc(N2CCC(=O)CC2)nc(-c2ccccc2F)n1. The Labute approximate surface area is 129 Å². The molecule has 1 aliphatic heterocycles. The van der Waals surface area contributed by atoms with Crippen LogP contribution in [0, 0.1) is 5.82 Å². The van der Waals surface area contributed by atoms with Gasteiger partial charge in [-0.05, 0) is 18.6 Å². The topological polar surface area (TPSA) is 46.1 Å². The molecule has 0 N–H and O–H groups in total. The van der Waals surface area contributed by atoms with Gasteiger partial charge in [-0.1, -0.05) is 19.1 Å². The van der Waals surface area contributed by atoms with Gasteiger partial charge in [0.2, 0.25) is 0 Å². The van der Waals surface area contributed by atoms with Crippen LogP contribution in [0.15, 0.2) is 30.3 Å². The zero-order chi connectivity index (χ0) is 15.5. The fourth-order valence-electron chi connectivity index (χ4n) is 2.57. The number of benzene rings is 1. The van der Waals surface area contributed by atoms with Crippen LogP contribution in [0.2, 0.25) is 0 Å². The summed E-state index contributed by atoms with van der Waals surface area (Å²) in [7, 11) is 0. The highest BCUT2D eigenvalue weighted by molar-refractivity contribution is 5.80. The lowest BCUT2D eigenvalue weighted by molar-refractivity contribution is -0.119. The van der Waals surface area contributed by atoms with Gasteiger partial charge in [0.25, 0.3) is 0 Å². The van der Waals surface area contributed by atoms with Crippen molar-refractivity contribution >= 4 is 11.6 Å². The maximum Gasteiger partial charge on any atom is 0.164 e. The van der Waals surface area contributed by atoms with Crippen molar-refractivity contribution in [1.29, 1.82) is 0 Å². The molecule has 0 saturated carbocycles. The molecule has 0 atom stereocenters. The van der Waals surface area contributed by atoms with Crippen LogP contribution in [0.5, 0.6) is 0 Å². The van der Waals surface area contributed by atoms with E-state index < -0.39 is 0 Å². The van der Waals surface area contributed by atoms with E-state index in [9.17, 15) is 9.18 Å². The van der Waals surface area contributed by atoms with E-state index in [1.165, 1.54) is 6.07 Å². The monoisotopic (exact) mass is 299 g/mol. The molecule has 0 amide bonds. The van der Waals surface area contributed by atoms with Gasteiger partial charge in [0.1, 0.15) is 17.4 Å². The maximum absolute atomic E-state index is 14.0. The molecule has 2 aromatic rings. The van der Waals surface area contributed by atoms with Crippen molar-refractivity contribution in [3.63, 3.8) is 0 Å². The van der Waals surface area contributed by atoms with Crippen LogP contribution >= 0.6 is 0 Å². The molecule has 0 aliphatic carbocycles. The number of nitrogens with zero attached hydrogens (tertiary/aromatic N) is 3. The molecular weight excluding hydrogens is 281 g/mol. The number of piperidine rings is 1. The lowest BCUT2D eigenvalue weighted by atomic mass is 10.1. The molecule has 0 spiro atoms. The van der Waals surface area contributed by atoms with Gasteiger partial charge in [0.05, 0.1) is 5.56 Å². The van der Waals surface area contributed by atoms with Crippen molar-refractivity contribution in [2.75, 3.05) is 18.0 Å². The lowest BCUT2D eigenvalue weighted by Gasteiger charge is -2.27. The molecule has 1 aromatic carbocycles. The number of aryl methyl sites for hydroxylation is 1. The number of carbonyl (C=O) groups is 1. The minimum absolute atomic E-state index is 0.287. The zero-order valence-electron chi connectivity index (χ0n) is 12.6. The minimum atomic E-state index is -0.324. The second-order valence-corrected chi connectivity index (χ2v) is 5.40. The summed E-state index contributed by atoms with van der Waals surface area (Å²) in [4.78, 5) is 22.4. The first-order valence-electron chi connectivity index (χ1n) is 7.57. The molecule has 1 aromatic heterocycles. The van der Waals surface area contributed by atoms with Crippen molar-refractivity contribution in [2.45, 2.75) is 26.2 Å². The second kappa shape index (κ2) is 6.22. The molecule has 22 heavy (non-hydrogen) atoms. The third-order valence-corrected chi connectivity index (χ3v) is 3.89. The predicted octanol–water partition coefficient (Wildman–Crippen LogP) is 3.01. The normalized spacial score (nSPS) is 15.2. The van der Waals surface area contributed by atoms with Crippen molar-refractivity contribution in [2.24, 2.45) is 0 Å². The number of aromatic nitrogens is 2. The highest BCUT2D eigenvalue weighted by atomic mass is 19.1. The Morgan fingerprint density at radius 1 is 1.18 bits per heavy atom. The maximum atomic E-state index is 14.0. The first kappa shape index (κ1) is 14.6. The molecule has 1 fully saturated rings. The Balaban J connectivity index is 2.00. The van der Waals surface area contributed by atoms with Gasteiger partial charge >= 0.3 is 0 Å². The molecule has 0 unspecified atom stereocenters. The van der Waals surface area contributed by atoms with Gasteiger partial charge < -0.3 is 4.90 Å². The van der Waals surface area contributed by atoms with Crippen LogP contribution in [-0.4, -0.2) is 28.8 Å². The van der Waals surface area contributed by atoms with Crippen LogP contribution in [0.3, 0.4) is 0 Å². The van der Waals surface area contributed by atoms with Crippen LogP contribution in [-0.2, 0) is 11.2 Å². The number of anilines is 1. The Hall–Kier alpha value is -2.30. The molecule has 5 heteroatoms. The van der Waals surface area contributed by atoms with Gasteiger partial charge in [0, 0.05) is 37.7 Å². The number of ketones is 1. The van der Waals surface area contributed by atoms with Crippen molar-refractivity contribution in [1.82, 2.24) is 9.97 Å². The molecule has 3 rings (SSSR count). The van der Waals surface area contributed by atoms with E-state index in [1.807, 2.05) is 13.0 Å². The molecule has 0 radical (unpaired) electrons. The van der Waals surface area contributed by atoms with Crippen molar-refractivity contribution in [3.05, 3.63) is 41.8 Å². The average molecular weight is 299 g/mol. The quantitative estimate of drug-likeness (QED) is 0.874. The third-order valence-electron chi connectivity index (χ3n) is 3.89. The van der Waals surface area contributed by atoms with E-state index >= 15 is 0 Å². The number of carbonyl (C=O) groups excluding carboxylic acids is 1. The minimum Gasteiger partial charge on any atom is -0.356 e. The highest BCUT2D eigenvalue weighted by Gasteiger charge is 2.19. The summed E-state index contributed by atoms with van der Waals surface area (Å²) >= 11 is 0. The smallest absolute Gasteiger partial charge is 0.164 e. The second-order valence-electron chi connectivity index (χ2n) is 5.40. The third kappa shape index (κ3) is 2.98. The molecule has 2 heterocycles. The Morgan fingerprint density at radius 3 is 2.59 bits per heavy atom. The Kier molecular flexibility index (Phi) is 4.13. The highest BCUT2D eigenvalue weighted by Crippen LogP contribution is 2.24. The van der Waals surface area contributed by atoms with Crippen molar-refractivity contribution < 1.29 is 9.18 Å². The molecule has 0 bridgehead atoms. The summed E-state index contributed by atoms with van der Waals surface area (Å²) in [6.07, 6.45) is 1.84. The number of rotatable bonds is 3. The number of Topliss-reactive ketones (excluding diaryl/α,β-unsaturated/α-hetero) is 1. The van der Waals surface area contributed by atoms with Gasteiger partial charge in [-0.3, -0.25) is 4.79 Å². The molecular formula is C17H18FN3O. The number of hydrogen-bond donors (Lipinski definition) is 0. The fourth-order valence-corrected chi connectivity index (χ4v) is 2.57. The van der Waals surface area contributed by atoms with Gasteiger partial charge in [-0.15, -0.1) is 0 Å². The van der Waals surface area contributed by atoms with Gasteiger partial charge in [-0.2, -0.15) is 0 Å². The van der Waals surface area contributed by atoms with Crippen LogP contribution in [0.25, 0.3) is 11.4 Å². The van der Waals surface area contributed by atoms with Gasteiger partial charge in [-0.25, -0.2) is 14.4 Å². The molecule has 1 saturated heterocycles. The first-order valence-corrected chi connectivity index (χ1v) is 7.57. The largest absolute Gasteiger partial charge is 0.356 e. The van der Waals surface area contributed by atoms with Crippen LogP contribution in [0.1, 0.15) is 25.5 Å². The fraction of sp³-hybridized carbons (Fsp3) is 0.353. The summed E-state index contributed by atoms with van der Waals surface area (Å²) in [6, 6.07) is 8.46. The van der Waals surface area contributed by atoms with Crippen molar-refractivity contribution in [3.8, 4) is 11.4 Å². The Morgan fingerprint density at radius 2 is 1.91 bits per heavy atom. The van der Waals surface area contributed by atoms with Crippen LogP contribution in [0.4, 0.5) is 10.2 Å². The molecule has 1 aliphatic rings. The summed E-state index contributed by atoms with van der Waals surface area (Å²) in [5.74, 6) is 1.15. The average Bonchev–Trinajstić information content (AvgIpc) is 2.55. The van der Waals surface area contributed by atoms with Gasteiger partial charge in [0.15, 0.2) is 5.82 Å². The first-order chi connectivity index (χ1) is 10.7. The Bertz CT molecular complexity index is 692. The van der Waals surface area contributed by atoms with E-state index in [-0.39, 0.29) is 11.6 Å². The molecule has 4 nitrogen and oxygen atoms in total. The summed E-state index contributed by atoms with van der Waals surface area (Å²) in [5.41, 5.74) is 1.28. The standard InChI is InChI=1S/C17H18FN3O/c1-2-12-11-16(21-9-7-13(22)8-10-21)20-17(19-12)14-5-3-4-6-15(14)18/h3-6,11H,2,7-10H2,1H3. The predicted molar refractivity (Wildman–Crippen MR) is 83.3 cm³/mol. The van der Waals surface area contributed by atoms with E-state index in [1.54, 1.807) is 18.2 Å².